The van der Waals surface area contributed by atoms with Gasteiger partial charge in [0.2, 0.25) is 0 Å². The Hall–Kier alpha value is -2.86. The fourth-order valence-electron chi connectivity index (χ4n) is 3.71. The fourth-order valence-corrected chi connectivity index (χ4v) is 3.90. The molecule has 2 aromatic carbocycles. The number of halogens is 1. The van der Waals surface area contributed by atoms with Crippen molar-refractivity contribution in [3.63, 3.8) is 0 Å². The zero-order chi connectivity index (χ0) is 21.8. The lowest BCUT2D eigenvalue weighted by Gasteiger charge is -2.22. The fraction of sp³-hybridized carbons (Fsp3) is 0.375. The van der Waals surface area contributed by atoms with Gasteiger partial charge >= 0.3 is 0 Å². The van der Waals surface area contributed by atoms with Crippen LogP contribution in [0, 0.1) is 6.92 Å². The summed E-state index contributed by atoms with van der Waals surface area (Å²) < 4.78 is 1.97. The number of aliphatic imine (C=N–C) groups is 1. The van der Waals surface area contributed by atoms with E-state index in [2.05, 4.69) is 64.2 Å². The summed E-state index contributed by atoms with van der Waals surface area (Å²) in [5, 5.41) is 16.3. The molecule has 1 atom stereocenters. The number of rotatable bonds is 7. The van der Waals surface area contributed by atoms with Crippen molar-refractivity contribution in [3.8, 4) is 0 Å². The molecule has 1 fully saturated rings. The summed E-state index contributed by atoms with van der Waals surface area (Å²) in [5.41, 5.74) is 2.61. The highest BCUT2D eigenvalue weighted by molar-refractivity contribution is 6.30. The maximum atomic E-state index is 6.24. The number of nitrogens with one attached hydrogen (secondary N) is 2. The Morgan fingerprint density at radius 3 is 2.58 bits per heavy atom. The quantitative estimate of drug-likeness (QED) is 0.428. The zero-order valence-corrected chi connectivity index (χ0v) is 19.0. The van der Waals surface area contributed by atoms with E-state index in [1.165, 1.54) is 11.1 Å². The van der Waals surface area contributed by atoms with Crippen molar-refractivity contribution in [2.75, 3.05) is 6.54 Å². The smallest absolute Gasteiger partial charge is 0.192 e. The van der Waals surface area contributed by atoms with Gasteiger partial charge in [0.05, 0.1) is 6.04 Å². The number of hydrogen-bond acceptors (Lipinski definition) is 3. The first kappa shape index (κ1) is 21.4. The van der Waals surface area contributed by atoms with Crippen LogP contribution in [0.15, 0.2) is 59.6 Å². The highest BCUT2D eigenvalue weighted by atomic mass is 35.5. The molecule has 4 rings (SSSR count). The molecule has 1 aromatic heterocycles. The maximum absolute atomic E-state index is 6.24. The lowest BCUT2D eigenvalue weighted by atomic mass is 9.96. The van der Waals surface area contributed by atoms with Crippen LogP contribution >= 0.6 is 11.6 Å². The first-order valence-corrected chi connectivity index (χ1v) is 11.1. The molecule has 0 amide bonds. The Labute approximate surface area is 188 Å². The van der Waals surface area contributed by atoms with E-state index in [0.29, 0.717) is 6.54 Å². The summed E-state index contributed by atoms with van der Waals surface area (Å²) in [6, 6.07) is 18.7. The second-order valence-corrected chi connectivity index (χ2v) is 8.74. The van der Waals surface area contributed by atoms with Crippen molar-refractivity contribution in [2.45, 2.75) is 44.7 Å². The topological polar surface area (TPSA) is 67.1 Å². The molecule has 162 valence electrons. The molecule has 0 saturated heterocycles. The molecular formula is C24H29ClN6. The van der Waals surface area contributed by atoms with E-state index < -0.39 is 0 Å². The number of aromatic nitrogens is 3. The standard InChI is InChI=1S/C24H29ClN6/c1-17(19-8-5-4-6-9-19)28-23(26-15-22-30-29-18(2)31(22)3)27-16-24(12-13-24)20-10-7-11-21(25)14-20/h4-11,14,17H,12-13,15-16H2,1-3H3,(H2,26,27,28). The summed E-state index contributed by atoms with van der Waals surface area (Å²) in [7, 11) is 1.96. The van der Waals surface area contributed by atoms with Gasteiger partial charge in [0.1, 0.15) is 12.4 Å². The minimum atomic E-state index is 0.116. The van der Waals surface area contributed by atoms with E-state index >= 15 is 0 Å². The molecule has 1 saturated carbocycles. The van der Waals surface area contributed by atoms with Crippen LogP contribution in [0.1, 0.15) is 48.6 Å². The SMILES string of the molecule is Cc1nnc(CN=C(NCC2(c3cccc(Cl)c3)CC2)NC(C)c2ccccc2)n1C. The van der Waals surface area contributed by atoms with E-state index in [0.717, 1.165) is 42.0 Å². The van der Waals surface area contributed by atoms with Gasteiger partial charge in [0, 0.05) is 24.0 Å². The van der Waals surface area contributed by atoms with Crippen molar-refractivity contribution >= 4 is 17.6 Å². The van der Waals surface area contributed by atoms with Crippen molar-refractivity contribution in [3.05, 3.63) is 82.4 Å². The number of guanidine groups is 1. The van der Waals surface area contributed by atoms with Crippen LogP contribution in [0.5, 0.6) is 0 Å². The van der Waals surface area contributed by atoms with E-state index in [-0.39, 0.29) is 11.5 Å². The second-order valence-electron chi connectivity index (χ2n) is 8.31. The number of nitrogens with zero attached hydrogens (tertiary/aromatic N) is 4. The second kappa shape index (κ2) is 9.10. The Kier molecular flexibility index (Phi) is 6.28. The average Bonchev–Trinajstić information content (AvgIpc) is 3.51. The monoisotopic (exact) mass is 436 g/mol. The molecule has 1 aliphatic rings. The number of benzene rings is 2. The predicted octanol–water partition coefficient (Wildman–Crippen LogP) is 4.31. The molecular weight excluding hydrogens is 408 g/mol. The van der Waals surface area contributed by atoms with Gasteiger partial charge in [0.25, 0.3) is 0 Å². The van der Waals surface area contributed by atoms with Crippen molar-refractivity contribution in [1.82, 2.24) is 25.4 Å². The van der Waals surface area contributed by atoms with Gasteiger partial charge in [-0.15, -0.1) is 10.2 Å². The van der Waals surface area contributed by atoms with E-state index in [1.807, 2.05) is 36.7 Å². The summed E-state index contributed by atoms with van der Waals surface area (Å²) >= 11 is 6.24. The van der Waals surface area contributed by atoms with Crippen LogP contribution in [-0.4, -0.2) is 27.3 Å². The van der Waals surface area contributed by atoms with Crippen LogP contribution in [0.4, 0.5) is 0 Å². The molecule has 31 heavy (non-hydrogen) atoms. The highest BCUT2D eigenvalue weighted by Gasteiger charge is 2.44. The van der Waals surface area contributed by atoms with Gasteiger partial charge in [-0.25, -0.2) is 4.99 Å². The molecule has 0 spiro atoms. The van der Waals surface area contributed by atoms with Gasteiger partial charge in [-0.2, -0.15) is 0 Å². The molecule has 0 bridgehead atoms. The van der Waals surface area contributed by atoms with Crippen LogP contribution in [0.3, 0.4) is 0 Å². The zero-order valence-electron chi connectivity index (χ0n) is 18.3. The molecule has 2 N–H and O–H groups in total. The maximum Gasteiger partial charge on any atom is 0.192 e. The van der Waals surface area contributed by atoms with E-state index in [4.69, 9.17) is 16.6 Å². The lowest BCUT2D eigenvalue weighted by Crippen LogP contribution is -2.42. The molecule has 0 aliphatic heterocycles. The molecule has 3 aromatic rings. The first-order chi connectivity index (χ1) is 15.0. The Bertz CT molecular complexity index is 1050. The summed E-state index contributed by atoms with van der Waals surface area (Å²) in [6.45, 7) is 5.34. The van der Waals surface area contributed by atoms with Gasteiger partial charge in [-0.3, -0.25) is 0 Å². The van der Waals surface area contributed by atoms with Crippen LogP contribution in [0.25, 0.3) is 0 Å². The molecule has 1 heterocycles. The largest absolute Gasteiger partial charge is 0.355 e. The van der Waals surface area contributed by atoms with Crippen LogP contribution in [-0.2, 0) is 19.0 Å². The Morgan fingerprint density at radius 2 is 1.94 bits per heavy atom. The van der Waals surface area contributed by atoms with Crippen molar-refractivity contribution < 1.29 is 0 Å². The molecule has 0 radical (unpaired) electrons. The molecule has 1 aliphatic carbocycles. The summed E-state index contributed by atoms with van der Waals surface area (Å²) in [5.74, 6) is 2.48. The molecule has 7 heteroatoms. The highest BCUT2D eigenvalue weighted by Crippen LogP contribution is 2.48. The van der Waals surface area contributed by atoms with Gasteiger partial charge < -0.3 is 15.2 Å². The third-order valence-corrected chi connectivity index (χ3v) is 6.33. The third-order valence-electron chi connectivity index (χ3n) is 6.10. The third kappa shape index (κ3) is 5.07. The number of aryl methyl sites for hydroxylation is 1. The summed E-state index contributed by atoms with van der Waals surface area (Å²) in [6.07, 6.45) is 2.29. The summed E-state index contributed by atoms with van der Waals surface area (Å²) in [4.78, 5) is 4.82. The molecule has 6 nitrogen and oxygen atoms in total. The molecule has 1 unspecified atom stereocenters. The van der Waals surface area contributed by atoms with Gasteiger partial charge in [0.15, 0.2) is 11.8 Å². The lowest BCUT2D eigenvalue weighted by molar-refractivity contribution is 0.622. The van der Waals surface area contributed by atoms with E-state index in [1.54, 1.807) is 0 Å². The number of hydrogen-bond donors (Lipinski definition) is 2. The normalized spacial score (nSPS) is 16.1. The predicted molar refractivity (Wildman–Crippen MR) is 125 cm³/mol. The van der Waals surface area contributed by atoms with Crippen molar-refractivity contribution in [1.29, 1.82) is 0 Å². The average molecular weight is 437 g/mol. The minimum absolute atomic E-state index is 0.116. The van der Waals surface area contributed by atoms with E-state index in [9.17, 15) is 0 Å². The Balaban J connectivity index is 1.50. The van der Waals surface area contributed by atoms with Crippen molar-refractivity contribution in [2.24, 2.45) is 12.0 Å². The van der Waals surface area contributed by atoms with Gasteiger partial charge in [-0.05, 0) is 49.9 Å². The Morgan fingerprint density at radius 1 is 1.16 bits per heavy atom. The first-order valence-electron chi connectivity index (χ1n) is 10.7. The van der Waals surface area contributed by atoms with Gasteiger partial charge in [-0.1, -0.05) is 54.1 Å². The minimum Gasteiger partial charge on any atom is -0.355 e. The van der Waals surface area contributed by atoms with Crippen LogP contribution in [0.2, 0.25) is 5.02 Å². The van der Waals surface area contributed by atoms with Crippen LogP contribution < -0.4 is 10.6 Å².